The van der Waals surface area contributed by atoms with Gasteiger partial charge in [-0.1, -0.05) is 0 Å². The Labute approximate surface area is 292 Å². The van der Waals surface area contributed by atoms with Crippen LogP contribution in [-0.2, 0) is 52.3 Å². The molecule has 24 heteroatoms. The van der Waals surface area contributed by atoms with Crippen molar-refractivity contribution in [2.75, 3.05) is 13.2 Å². The topological polar surface area (TPSA) is 379 Å². The zero-order chi connectivity index (χ0) is 38.8. The van der Waals surface area contributed by atoms with E-state index in [2.05, 4.69) is 10.6 Å². The average molecular weight is 759 g/mol. The lowest BCUT2D eigenvalue weighted by Crippen LogP contribution is -2.70. The Morgan fingerprint density at radius 3 is 1.71 bits per heavy atom. The summed E-state index contributed by atoms with van der Waals surface area (Å²) in [6.45, 7) is 0.163. The molecular weight excluding hydrogens is 716 g/mol. The number of aliphatic hydroxyl groups excluding tert-OH is 9. The van der Waals surface area contributed by atoms with Crippen LogP contribution in [0.3, 0.4) is 0 Å². The summed E-state index contributed by atoms with van der Waals surface area (Å²) in [5.41, 5.74) is 0. The highest BCUT2D eigenvalue weighted by atomic mass is 16.8. The van der Waals surface area contributed by atoms with Gasteiger partial charge in [-0.2, -0.15) is 0 Å². The highest BCUT2D eigenvalue weighted by Crippen LogP contribution is 2.34. The average Bonchev–Trinajstić information content (AvgIpc) is 3.07. The molecule has 296 valence electrons. The summed E-state index contributed by atoms with van der Waals surface area (Å²) in [5.74, 6) is -5.85. The summed E-state index contributed by atoms with van der Waals surface area (Å²) in [7, 11) is 0. The molecule has 0 unspecified atom stereocenters. The monoisotopic (exact) mass is 758 g/mol. The third-order valence-electron chi connectivity index (χ3n) is 8.53. The highest BCUT2D eigenvalue weighted by molar-refractivity contribution is 5.84. The number of carbonyl (C=O) groups is 4. The molecular formula is C28H42N2O22. The van der Waals surface area contributed by atoms with Gasteiger partial charge in [-0.3, -0.25) is 9.59 Å². The van der Waals surface area contributed by atoms with Crippen LogP contribution in [0.15, 0.2) is 11.8 Å². The number of amides is 2. The summed E-state index contributed by atoms with van der Waals surface area (Å²) in [4.78, 5) is 47.5. The van der Waals surface area contributed by atoms with Crippen molar-refractivity contribution in [3.05, 3.63) is 11.8 Å². The molecule has 52 heavy (non-hydrogen) atoms. The second kappa shape index (κ2) is 17.3. The number of aliphatic hydroxyl groups is 9. The van der Waals surface area contributed by atoms with E-state index in [9.17, 15) is 75.3 Å². The molecule has 3 saturated heterocycles. The molecule has 2 amide bonds. The molecule has 0 spiro atoms. The van der Waals surface area contributed by atoms with Crippen molar-refractivity contribution in [3.63, 3.8) is 0 Å². The molecule has 24 nitrogen and oxygen atoms in total. The second-order valence-electron chi connectivity index (χ2n) is 12.3. The van der Waals surface area contributed by atoms with E-state index >= 15 is 0 Å². The van der Waals surface area contributed by atoms with Crippen molar-refractivity contribution < 1.29 is 109 Å². The Morgan fingerprint density at radius 1 is 0.654 bits per heavy atom. The van der Waals surface area contributed by atoms with Crippen molar-refractivity contribution >= 4 is 23.8 Å². The molecule has 0 aromatic heterocycles. The zero-order valence-corrected chi connectivity index (χ0v) is 27.3. The molecule has 0 radical (unpaired) electrons. The lowest BCUT2D eigenvalue weighted by molar-refractivity contribution is -0.366. The highest BCUT2D eigenvalue weighted by Gasteiger charge is 2.56. The van der Waals surface area contributed by atoms with Crippen LogP contribution < -0.4 is 10.6 Å². The summed E-state index contributed by atoms with van der Waals surface area (Å²) in [6, 6.07) is -3.26. The number of aliphatic carboxylic acids is 2. The van der Waals surface area contributed by atoms with E-state index < -0.39 is 153 Å². The third kappa shape index (κ3) is 8.95. The van der Waals surface area contributed by atoms with E-state index in [1.54, 1.807) is 0 Å². The normalized spacial score (nSPS) is 43.8. The quantitative estimate of drug-likeness (QED) is 0.0878. The fourth-order valence-electron chi connectivity index (χ4n) is 6.02. The first-order valence-corrected chi connectivity index (χ1v) is 15.7. The summed E-state index contributed by atoms with van der Waals surface area (Å²) in [6.07, 6.45) is -30.2. The Kier molecular flexibility index (Phi) is 13.8. The maximum Gasteiger partial charge on any atom is 0.371 e. The number of carbonyl (C=O) groups excluding carboxylic acids is 2. The van der Waals surface area contributed by atoms with Crippen LogP contribution in [-0.4, -0.2) is 204 Å². The molecule has 0 aromatic rings. The van der Waals surface area contributed by atoms with Crippen LogP contribution in [0.4, 0.5) is 0 Å². The largest absolute Gasteiger partial charge is 0.479 e. The van der Waals surface area contributed by atoms with Crippen LogP contribution >= 0.6 is 0 Å². The second-order valence-corrected chi connectivity index (χ2v) is 12.3. The van der Waals surface area contributed by atoms with Gasteiger partial charge in [0, 0.05) is 13.8 Å². The lowest BCUT2D eigenvalue weighted by Gasteiger charge is -2.49. The molecule has 4 heterocycles. The van der Waals surface area contributed by atoms with E-state index in [0.29, 0.717) is 6.08 Å². The summed E-state index contributed by atoms with van der Waals surface area (Å²) >= 11 is 0. The fraction of sp³-hybridized carbons (Fsp3) is 0.786. The van der Waals surface area contributed by atoms with Gasteiger partial charge in [0.1, 0.15) is 79.2 Å². The smallest absolute Gasteiger partial charge is 0.371 e. The van der Waals surface area contributed by atoms with Crippen molar-refractivity contribution in [1.29, 1.82) is 0 Å². The van der Waals surface area contributed by atoms with Crippen molar-refractivity contribution in [3.8, 4) is 0 Å². The fourth-order valence-corrected chi connectivity index (χ4v) is 6.02. The Morgan fingerprint density at radius 2 is 1.17 bits per heavy atom. The van der Waals surface area contributed by atoms with Gasteiger partial charge in [0.2, 0.25) is 23.9 Å². The predicted molar refractivity (Wildman–Crippen MR) is 156 cm³/mol. The van der Waals surface area contributed by atoms with Crippen molar-refractivity contribution in [2.24, 2.45) is 0 Å². The maximum absolute atomic E-state index is 12.4. The minimum atomic E-state index is -2.25. The Bertz CT molecular complexity index is 1320. The number of hydrogen-bond acceptors (Lipinski definition) is 20. The molecule has 3 fully saturated rings. The van der Waals surface area contributed by atoms with Crippen LogP contribution in [0.5, 0.6) is 0 Å². The SMILES string of the molecule is CC(=O)N[C@@H]1[C@@H](O)[C@H](O[C@@H]2O[C@H](C(=O)O)[C@@H](O[C@H]3O[C@H](CO)[C@@H](O[C@@H]4OC(C(=O)O)=C[C@H](O)[C@H]4O)[C@H](O)[C@H]3NC(C)=O)[C@H](O)[C@H]2O)[C@@H](CO)O[C@H]1O. The third-order valence-corrected chi connectivity index (χ3v) is 8.53. The first-order valence-electron chi connectivity index (χ1n) is 15.7. The minimum absolute atomic E-state index is 0.678. The van der Waals surface area contributed by atoms with Crippen LogP contribution in [0.2, 0.25) is 0 Å². The molecule has 4 rings (SSSR count). The first-order chi connectivity index (χ1) is 24.4. The molecule has 0 aliphatic carbocycles. The van der Waals surface area contributed by atoms with Gasteiger partial charge >= 0.3 is 11.9 Å². The van der Waals surface area contributed by atoms with Gasteiger partial charge in [0.15, 0.2) is 25.0 Å². The van der Waals surface area contributed by atoms with Crippen LogP contribution in [0.25, 0.3) is 0 Å². The standard InChI is InChI=1S/C28H42N2O22/c1-6(33)29-12-15(37)19(10(4-31)46-25(12)45)50-28-18(40)17(39)21(22(52-28)24(43)44)51-26-13(30-7(2)34)16(38)20(11(5-32)48-26)49-27-14(36)8(35)3-9(47-27)23(41)42/h3,8,10-22,25-28,31-32,35-40,45H,4-5H2,1-2H3,(H,29,33)(H,30,34)(H,41,42)(H,43,44)/t8-,10+,11+,12+,13+,14+,15+,16+,17+,18+,19+,20+,21-,22-,25+,26+,27-,28+/m0/s1. The molecule has 0 saturated carbocycles. The van der Waals surface area contributed by atoms with Crippen molar-refractivity contribution in [2.45, 2.75) is 124 Å². The maximum atomic E-state index is 12.4. The van der Waals surface area contributed by atoms with Gasteiger partial charge in [0.05, 0.1) is 13.2 Å². The predicted octanol–water partition coefficient (Wildman–Crippen LogP) is -8.12. The minimum Gasteiger partial charge on any atom is -0.479 e. The number of carboxylic acids is 2. The number of rotatable bonds is 12. The summed E-state index contributed by atoms with van der Waals surface area (Å²) in [5, 5.41) is 118. The van der Waals surface area contributed by atoms with Gasteiger partial charge in [-0.15, -0.1) is 0 Å². The van der Waals surface area contributed by atoms with E-state index in [1.807, 2.05) is 0 Å². The van der Waals surface area contributed by atoms with Gasteiger partial charge < -0.3 is 100.0 Å². The number of carboxylic acid groups (broad SMARTS) is 2. The van der Waals surface area contributed by atoms with E-state index in [-0.39, 0.29) is 0 Å². The van der Waals surface area contributed by atoms with Crippen LogP contribution in [0.1, 0.15) is 13.8 Å². The van der Waals surface area contributed by atoms with Crippen molar-refractivity contribution in [1.82, 2.24) is 10.6 Å². The van der Waals surface area contributed by atoms with Gasteiger partial charge in [-0.25, -0.2) is 9.59 Å². The summed E-state index contributed by atoms with van der Waals surface area (Å²) < 4.78 is 38.0. The number of nitrogens with one attached hydrogen (secondary N) is 2. The molecule has 4 aliphatic rings. The Hall–Kier alpha value is -3.18. The number of ether oxygens (including phenoxy) is 7. The van der Waals surface area contributed by atoms with Crippen LogP contribution in [0, 0.1) is 0 Å². The Balaban J connectivity index is 1.55. The molecule has 4 aliphatic heterocycles. The molecule has 18 atom stereocenters. The van der Waals surface area contributed by atoms with E-state index in [0.717, 1.165) is 13.8 Å². The lowest BCUT2D eigenvalue weighted by atomic mass is 9.94. The molecule has 0 aromatic carbocycles. The van der Waals surface area contributed by atoms with Gasteiger partial charge in [0.25, 0.3) is 0 Å². The number of hydrogen-bond donors (Lipinski definition) is 13. The zero-order valence-electron chi connectivity index (χ0n) is 27.3. The first kappa shape index (κ1) is 41.6. The van der Waals surface area contributed by atoms with Gasteiger partial charge in [-0.05, 0) is 6.08 Å². The molecule has 0 bridgehead atoms. The van der Waals surface area contributed by atoms with E-state index in [4.69, 9.17) is 33.2 Å². The van der Waals surface area contributed by atoms with E-state index in [1.165, 1.54) is 0 Å². The molecule has 13 N–H and O–H groups in total.